The topological polar surface area (TPSA) is 63.2 Å². The second-order valence-corrected chi connectivity index (χ2v) is 5.78. The van der Waals surface area contributed by atoms with Gasteiger partial charge in [-0.3, -0.25) is 4.79 Å². The van der Waals surface area contributed by atoms with E-state index >= 15 is 0 Å². The van der Waals surface area contributed by atoms with Gasteiger partial charge in [0.15, 0.2) is 0 Å². The van der Waals surface area contributed by atoms with Crippen molar-refractivity contribution >= 4 is 15.9 Å². The molecule has 0 heterocycles. The van der Waals surface area contributed by atoms with Gasteiger partial charge in [-0.25, -0.2) is 13.1 Å². The summed E-state index contributed by atoms with van der Waals surface area (Å²) in [5.41, 5.74) is 1.60. The van der Waals surface area contributed by atoms with Crippen LogP contribution in [0.4, 0.5) is 0 Å². The molecule has 1 amide bonds. The van der Waals surface area contributed by atoms with Gasteiger partial charge in [-0.1, -0.05) is 23.8 Å². The van der Waals surface area contributed by atoms with E-state index in [0.29, 0.717) is 12.0 Å². The largest absolute Gasteiger partial charge is 0.274 e. The Hall–Kier alpha value is -1.62. The molecule has 0 aliphatic carbocycles. The van der Waals surface area contributed by atoms with Crippen molar-refractivity contribution in [3.63, 3.8) is 0 Å². The molecule has 0 aliphatic rings. The Kier molecular flexibility index (Phi) is 4.67. The number of amides is 1. The highest BCUT2D eigenvalue weighted by molar-refractivity contribution is 7.90. The van der Waals surface area contributed by atoms with Gasteiger partial charge in [0, 0.05) is 6.42 Å². The molecule has 0 saturated carbocycles. The van der Waals surface area contributed by atoms with Crippen molar-refractivity contribution in [2.24, 2.45) is 0 Å². The second-order valence-electron chi connectivity index (χ2n) is 4.12. The van der Waals surface area contributed by atoms with Gasteiger partial charge in [-0.2, -0.15) is 0 Å². The number of nitrogens with one attached hydrogen (secondary N) is 1. The van der Waals surface area contributed by atoms with Crippen LogP contribution in [0.1, 0.15) is 24.0 Å². The van der Waals surface area contributed by atoms with Gasteiger partial charge in [-0.05, 0) is 31.9 Å². The fourth-order valence-corrected chi connectivity index (χ4v) is 2.83. The molecule has 0 atom stereocenters. The van der Waals surface area contributed by atoms with E-state index in [2.05, 4.69) is 11.3 Å². The number of hydrogen-bond acceptors (Lipinski definition) is 3. The summed E-state index contributed by atoms with van der Waals surface area (Å²) in [5.74, 6) is -0.519. The number of hydrogen-bond donors (Lipinski definition) is 1. The first-order chi connectivity index (χ1) is 8.36. The lowest BCUT2D eigenvalue weighted by atomic mass is 10.2. The van der Waals surface area contributed by atoms with Gasteiger partial charge >= 0.3 is 0 Å². The highest BCUT2D eigenvalue weighted by atomic mass is 32.2. The molecule has 1 aromatic carbocycles. The molecule has 1 aromatic rings. The Balaban J connectivity index is 2.93. The molecule has 98 valence electrons. The summed E-state index contributed by atoms with van der Waals surface area (Å²) in [6.07, 6.45) is 2.14. The van der Waals surface area contributed by atoms with Crippen molar-refractivity contribution in [1.29, 1.82) is 0 Å². The van der Waals surface area contributed by atoms with Crippen LogP contribution in [0.5, 0.6) is 0 Å². The van der Waals surface area contributed by atoms with Crippen LogP contribution in [0.15, 0.2) is 35.7 Å². The van der Waals surface area contributed by atoms with Gasteiger partial charge in [0.1, 0.15) is 0 Å². The van der Waals surface area contributed by atoms with E-state index in [9.17, 15) is 13.2 Å². The number of carbonyl (C=O) groups is 1. The van der Waals surface area contributed by atoms with Crippen molar-refractivity contribution < 1.29 is 13.2 Å². The van der Waals surface area contributed by atoms with Crippen LogP contribution in [-0.4, -0.2) is 14.3 Å². The molecule has 18 heavy (non-hydrogen) atoms. The van der Waals surface area contributed by atoms with Gasteiger partial charge in [0.2, 0.25) is 5.91 Å². The number of benzene rings is 1. The standard InChI is InChI=1S/C13H17NO3S/c1-4-5-6-13(15)14-18(16,17)12-8-7-10(2)9-11(12)3/h4,7-9H,1,5-6H2,2-3H3,(H,14,15). The summed E-state index contributed by atoms with van der Waals surface area (Å²) >= 11 is 0. The first-order valence-corrected chi connectivity index (χ1v) is 7.09. The maximum absolute atomic E-state index is 12.0. The summed E-state index contributed by atoms with van der Waals surface area (Å²) in [4.78, 5) is 11.6. The van der Waals surface area contributed by atoms with Crippen molar-refractivity contribution in [1.82, 2.24) is 4.72 Å². The molecule has 0 bridgehead atoms. The summed E-state index contributed by atoms with van der Waals surface area (Å²) in [5, 5.41) is 0. The smallest absolute Gasteiger partial charge is 0.264 e. The predicted octanol–water partition coefficient (Wildman–Crippen LogP) is 2.07. The minimum Gasteiger partial charge on any atom is -0.274 e. The highest BCUT2D eigenvalue weighted by Crippen LogP contribution is 2.16. The summed E-state index contributed by atoms with van der Waals surface area (Å²) in [6.45, 7) is 7.07. The molecule has 0 unspecified atom stereocenters. The van der Waals surface area contributed by atoms with Gasteiger partial charge < -0.3 is 0 Å². The lowest BCUT2D eigenvalue weighted by molar-refractivity contribution is -0.119. The summed E-state index contributed by atoms with van der Waals surface area (Å²) in [7, 11) is -3.77. The van der Waals surface area contributed by atoms with Crippen LogP contribution >= 0.6 is 0 Å². The first-order valence-electron chi connectivity index (χ1n) is 5.60. The highest BCUT2D eigenvalue weighted by Gasteiger charge is 2.19. The Morgan fingerprint density at radius 2 is 2.06 bits per heavy atom. The molecule has 0 aromatic heterocycles. The number of allylic oxidation sites excluding steroid dienone is 1. The minimum absolute atomic E-state index is 0.119. The Morgan fingerprint density at radius 3 is 2.61 bits per heavy atom. The third-order valence-corrected chi connectivity index (χ3v) is 3.98. The van der Waals surface area contributed by atoms with E-state index in [0.717, 1.165) is 5.56 Å². The van der Waals surface area contributed by atoms with E-state index in [4.69, 9.17) is 0 Å². The van der Waals surface area contributed by atoms with Crippen molar-refractivity contribution in [2.75, 3.05) is 0 Å². The monoisotopic (exact) mass is 267 g/mol. The predicted molar refractivity (Wildman–Crippen MR) is 70.7 cm³/mol. The minimum atomic E-state index is -3.77. The van der Waals surface area contributed by atoms with E-state index in [1.54, 1.807) is 25.1 Å². The van der Waals surface area contributed by atoms with Gasteiger partial charge in [0.05, 0.1) is 4.90 Å². The van der Waals surface area contributed by atoms with Crippen LogP contribution in [0.25, 0.3) is 0 Å². The number of carbonyl (C=O) groups excluding carboxylic acids is 1. The van der Waals surface area contributed by atoms with Crippen molar-refractivity contribution in [3.05, 3.63) is 42.0 Å². The van der Waals surface area contributed by atoms with Crippen molar-refractivity contribution in [3.8, 4) is 0 Å². The van der Waals surface area contributed by atoms with Crippen LogP contribution in [-0.2, 0) is 14.8 Å². The van der Waals surface area contributed by atoms with Gasteiger partial charge in [0.25, 0.3) is 10.0 Å². The van der Waals surface area contributed by atoms with E-state index in [-0.39, 0.29) is 11.3 Å². The van der Waals surface area contributed by atoms with Crippen LogP contribution in [0.3, 0.4) is 0 Å². The fourth-order valence-electron chi connectivity index (χ4n) is 1.59. The molecule has 4 nitrogen and oxygen atoms in total. The molecule has 1 rings (SSSR count). The lowest BCUT2D eigenvalue weighted by Crippen LogP contribution is -2.30. The van der Waals surface area contributed by atoms with Crippen LogP contribution < -0.4 is 4.72 Å². The molecule has 0 spiro atoms. The third-order valence-electron chi connectivity index (χ3n) is 2.44. The van der Waals surface area contributed by atoms with Gasteiger partial charge in [-0.15, -0.1) is 6.58 Å². The zero-order chi connectivity index (χ0) is 13.8. The fraction of sp³-hybridized carbons (Fsp3) is 0.308. The zero-order valence-electron chi connectivity index (χ0n) is 10.6. The second kappa shape index (κ2) is 5.82. The first kappa shape index (κ1) is 14.4. The maximum Gasteiger partial charge on any atom is 0.264 e. The Morgan fingerprint density at radius 1 is 1.39 bits per heavy atom. The molecule has 0 aliphatic heterocycles. The average Bonchev–Trinajstić information content (AvgIpc) is 2.25. The molecule has 5 heteroatoms. The number of rotatable bonds is 5. The van der Waals surface area contributed by atoms with E-state index in [1.165, 1.54) is 6.07 Å². The molecular formula is C13H17NO3S. The normalized spacial score (nSPS) is 11.0. The molecule has 0 fully saturated rings. The Labute approximate surface area is 108 Å². The number of aryl methyl sites for hydroxylation is 2. The average molecular weight is 267 g/mol. The van der Waals surface area contributed by atoms with E-state index in [1.807, 2.05) is 6.92 Å². The number of sulfonamides is 1. The SMILES string of the molecule is C=CCCC(=O)NS(=O)(=O)c1ccc(C)cc1C. The van der Waals surface area contributed by atoms with Crippen LogP contribution in [0.2, 0.25) is 0 Å². The zero-order valence-corrected chi connectivity index (χ0v) is 11.4. The van der Waals surface area contributed by atoms with Crippen molar-refractivity contribution in [2.45, 2.75) is 31.6 Å². The molecule has 0 saturated heterocycles. The molecular weight excluding hydrogens is 250 g/mol. The summed E-state index contributed by atoms with van der Waals surface area (Å²) in [6, 6.07) is 4.98. The quantitative estimate of drug-likeness (QED) is 0.831. The third kappa shape index (κ3) is 3.70. The van der Waals surface area contributed by atoms with E-state index < -0.39 is 15.9 Å². The molecule has 0 radical (unpaired) electrons. The Bertz CT molecular complexity index is 562. The lowest BCUT2D eigenvalue weighted by Gasteiger charge is -2.09. The van der Waals surface area contributed by atoms with Crippen LogP contribution in [0, 0.1) is 13.8 Å². The molecule has 1 N–H and O–H groups in total. The summed E-state index contributed by atoms with van der Waals surface area (Å²) < 4.78 is 26.0. The maximum atomic E-state index is 12.0.